The number of hydrogen-bond donors (Lipinski definition) is 1. The lowest BCUT2D eigenvalue weighted by molar-refractivity contribution is 0.569. The Morgan fingerprint density at radius 1 is 1.21 bits per heavy atom. The van der Waals surface area contributed by atoms with Gasteiger partial charge in [-0.1, -0.05) is 39.7 Å². The Morgan fingerprint density at radius 2 is 1.89 bits per heavy atom. The third kappa shape index (κ3) is 4.30. The molecule has 4 heteroatoms. The lowest BCUT2D eigenvalue weighted by Crippen LogP contribution is -2.18. The van der Waals surface area contributed by atoms with Crippen molar-refractivity contribution in [3.63, 3.8) is 0 Å². The molecule has 1 N–H and O–H groups in total. The molecule has 0 aliphatic rings. The monoisotopic (exact) mass is 341 g/mol. The molecule has 0 aliphatic heterocycles. The Morgan fingerprint density at radius 3 is 2.53 bits per heavy atom. The van der Waals surface area contributed by atoms with Gasteiger partial charge in [0.25, 0.3) is 0 Å². The van der Waals surface area contributed by atoms with Crippen LogP contribution < -0.4 is 5.32 Å². The molecular weight excluding hydrogens is 329 g/mol. The van der Waals surface area contributed by atoms with E-state index in [0.29, 0.717) is 11.6 Å². The summed E-state index contributed by atoms with van der Waals surface area (Å²) in [7, 11) is 0. The maximum atomic E-state index is 13.2. The minimum Gasteiger partial charge on any atom is -0.306 e. The summed E-state index contributed by atoms with van der Waals surface area (Å²) in [5.41, 5.74) is 2.03. The number of nitrogens with one attached hydrogen (secondary N) is 1. The van der Waals surface area contributed by atoms with Crippen LogP contribution in [0.25, 0.3) is 0 Å². The zero-order valence-electron chi connectivity index (χ0n) is 10.5. The second kappa shape index (κ2) is 6.51. The fourth-order valence-corrected chi connectivity index (χ4v) is 2.36. The molecular formula is C15H14BrClFN. The fourth-order valence-electron chi connectivity index (χ4n) is 1.85. The first kappa shape index (κ1) is 14.5. The van der Waals surface area contributed by atoms with E-state index in [2.05, 4.69) is 40.3 Å². The van der Waals surface area contributed by atoms with Gasteiger partial charge in [-0.15, -0.1) is 0 Å². The summed E-state index contributed by atoms with van der Waals surface area (Å²) in [6.45, 7) is 2.65. The zero-order chi connectivity index (χ0) is 13.8. The molecule has 0 spiro atoms. The van der Waals surface area contributed by atoms with Gasteiger partial charge in [0.15, 0.2) is 0 Å². The van der Waals surface area contributed by atoms with Gasteiger partial charge in [0.2, 0.25) is 0 Å². The highest BCUT2D eigenvalue weighted by Crippen LogP contribution is 2.18. The summed E-state index contributed by atoms with van der Waals surface area (Å²) in [4.78, 5) is 0. The number of halogens is 3. The second-order valence-electron chi connectivity index (χ2n) is 4.43. The Bertz CT molecular complexity index is 536. The van der Waals surface area contributed by atoms with Gasteiger partial charge in [-0.25, -0.2) is 4.39 Å². The van der Waals surface area contributed by atoms with Gasteiger partial charge in [-0.05, 0) is 48.4 Å². The Balaban J connectivity index is 1.99. The van der Waals surface area contributed by atoms with Crippen molar-refractivity contribution >= 4 is 27.5 Å². The van der Waals surface area contributed by atoms with Crippen molar-refractivity contribution in [2.45, 2.75) is 19.5 Å². The molecule has 2 rings (SSSR count). The third-order valence-electron chi connectivity index (χ3n) is 2.90. The standard InChI is InChI=1S/C15H14BrClFN/c1-10(12-2-4-13(16)5-3-12)19-9-11-6-14(17)8-15(18)7-11/h2-8,10,19H,9H2,1H3/t10-/m0/s1. The SMILES string of the molecule is C[C@H](NCc1cc(F)cc(Cl)c1)c1ccc(Br)cc1. The van der Waals surface area contributed by atoms with Crippen LogP contribution >= 0.6 is 27.5 Å². The predicted molar refractivity (Wildman–Crippen MR) is 80.8 cm³/mol. The van der Waals surface area contributed by atoms with E-state index >= 15 is 0 Å². The molecule has 0 amide bonds. The molecule has 2 aromatic carbocycles. The fraction of sp³-hybridized carbons (Fsp3) is 0.200. The summed E-state index contributed by atoms with van der Waals surface area (Å²) in [5, 5.41) is 3.77. The van der Waals surface area contributed by atoms with Crippen molar-refractivity contribution in [1.29, 1.82) is 0 Å². The van der Waals surface area contributed by atoms with Gasteiger partial charge < -0.3 is 5.32 Å². The number of benzene rings is 2. The van der Waals surface area contributed by atoms with Crippen LogP contribution in [0.4, 0.5) is 4.39 Å². The van der Waals surface area contributed by atoms with Gasteiger partial charge in [0, 0.05) is 22.1 Å². The highest BCUT2D eigenvalue weighted by atomic mass is 79.9. The Labute approximate surface area is 125 Å². The minimum absolute atomic E-state index is 0.190. The molecule has 0 aliphatic carbocycles. The number of rotatable bonds is 4. The van der Waals surface area contributed by atoms with Crippen molar-refractivity contribution < 1.29 is 4.39 Å². The topological polar surface area (TPSA) is 12.0 Å². The minimum atomic E-state index is -0.305. The Kier molecular flexibility index (Phi) is 4.97. The van der Waals surface area contributed by atoms with E-state index in [1.807, 2.05) is 12.1 Å². The van der Waals surface area contributed by atoms with Crippen molar-refractivity contribution in [2.75, 3.05) is 0 Å². The summed E-state index contributed by atoms with van der Waals surface area (Å²) in [5.74, 6) is -0.305. The molecule has 0 radical (unpaired) electrons. The summed E-state index contributed by atoms with van der Waals surface area (Å²) in [6.07, 6.45) is 0. The highest BCUT2D eigenvalue weighted by molar-refractivity contribution is 9.10. The quantitative estimate of drug-likeness (QED) is 0.816. The van der Waals surface area contributed by atoms with Gasteiger partial charge in [-0.3, -0.25) is 0 Å². The summed E-state index contributed by atoms with van der Waals surface area (Å²) in [6, 6.07) is 12.9. The van der Waals surface area contributed by atoms with E-state index in [9.17, 15) is 4.39 Å². The summed E-state index contributed by atoms with van der Waals surface area (Å²) < 4.78 is 14.3. The molecule has 0 saturated carbocycles. The molecule has 1 nitrogen and oxygen atoms in total. The normalized spacial score (nSPS) is 12.4. The number of hydrogen-bond acceptors (Lipinski definition) is 1. The van der Waals surface area contributed by atoms with Crippen LogP contribution in [0.1, 0.15) is 24.1 Å². The molecule has 0 fully saturated rings. The van der Waals surface area contributed by atoms with Gasteiger partial charge in [0.1, 0.15) is 5.82 Å². The maximum absolute atomic E-state index is 13.2. The first-order valence-electron chi connectivity index (χ1n) is 5.98. The van der Waals surface area contributed by atoms with Crippen LogP contribution in [0.5, 0.6) is 0 Å². The van der Waals surface area contributed by atoms with Gasteiger partial charge >= 0.3 is 0 Å². The molecule has 0 saturated heterocycles. The lowest BCUT2D eigenvalue weighted by Gasteiger charge is -2.14. The molecule has 0 unspecified atom stereocenters. The first-order valence-corrected chi connectivity index (χ1v) is 7.15. The van der Waals surface area contributed by atoms with Crippen LogP contribution in [0, 0.1) is 5.82 Å². The van der Waals surface area contributed by atoms with Gasteiger partial charge in [-0.2, -0.15) is 0 Å². The average Bonchev–Trinajstić information content (AvgIpc) is 2.36. The average molecular weight is 343 g/mol. The van der Waals surface area contributed by atoms with Crippen molar-refractivity contribution in [2.24, 2.45) is 0 Å². The van der Waals surface area contributed by atoms with E-state index in [-0.39, 0.29) is 11.9 Å². The summed E-state index contributed by atoms with van der Waals surface area (Å²) >= 11 is 9.24. The maximum Gasteiger partial charge on any atom is 0.125 e. The van der Waals surface area contributed by atoms with E-state index in [1.165, 1.54) is 17.7 Å². The van der Waals surface area contributed by atoms with Gasteiger partial charge in [0.05, 0.1) is 0 Å². The molecule has 2 aromatic rings. The van der Waals surface area contributed by atoms with Crippen LogP contribution in [0.2, 0.25) is 5.02 Å². The zero-order valence-corrected chi connectivity index (χ0v) is 12.8. The van der Waals surface area contributed by atoms with Crippen LogP contribution in [-0.4, -0.2) is 0 Å². The molecule has 1 atom stereocenters. The largest absolute Gasteiger partial charge is 0.306 e. The van der Waals surface area contributed by atoms with Crippen LogP contribution in [-0.2, 0) is 6.54 Å². The van der Waals surface area contributed by atoms with E-state index in [4.69, 9.17) is 11.6 Å². The second-order valence-corrected chi connectivity index (χ2v) is 5.78. The lowest BCUT2D eigenvalue weighted by atomic mass is 10.1. The van der Waals surface area contributed by atoms with Crippen molar-refractivity contribution in [3.05, 3.63) is 68.9 Å². The molecule has 0 heterocycles. The van der Waals surface area contributed by atoms with E-state index < -0.39 is 0 Å². The molecule has 100 valence electrons. The van der Waals surface area contributed by atoms with Crippen molar-refractivity contribution in [3.8, 4) is 0 Å². The third-order valence-corrected chi connectivity index (χ3v) is 3.65. The first-order chi connectivity index (χ1) is 9.04. The molecule has 19 heavy (non-hydrogen) atoms. The smallest absolute Gasteiger partial charge is 0.125 e. The predicted octanol–water partition coefficient (Wildman–Crippen LogP) is 5.09. The Hall–Kier alpha value is -0.900. The molecule has 0 aromatic heterocycles. The van der Waals surface area contributed by atoms with Crippen molar-refractivity contribution in [1.82, 2.24) is 5.32 Å². The molecule has 0 bridgehead atoms. The highest BCUT2D eigenvalue weighted by Gasteiger charge is 2.05. The van der Waals surface area contributed by atoms with Crippen LogP contribution in [0.3, 0.4) is 0 Å². The van der Waals surface area contributed by atoms with E-state index in [0.717, 1.165) is 10.0 Å². The van der Waals surface area contributed by atoms with E-state index in [1.54, 1.807) is 6.07 Å². The van der Waals surface area contributed by atoms with Crippen LogP contribution in [0.15, 0.2) is 46.9 Å².